The summed E-state index contributed by atoms with van der Waals surface area (Å²) in [5.74, 6) is -1.92. The minimum absolute atomic E-state index is 0.0510. The van der Waals surface area contributed by atoms with E-state index in [9.17, 15) is 28.8 Å². The normalized spacial score (nSPS) is 14.2. The van der Waals surface area contributed by atoms with Gasteiger partial charge in [-0.1, -0.05) is 44.5 Å². The number of nitrogens with zero attached hydrogens (tertiary/aromatic N) is 1. The van der Waals surface area contributed by atoms with E-state index in [4.69, 9.17) is 11.5 Å². The summed E-state index contributed by atoms with van der Waals surface area (Å²) >= 11 is 0. The SMILES string of the molecule is CC(C)[C@@H](CC(=O)CCCCCN1C(=O)C=CC1=O)C(=O)NC(CCCNC(N)=O)C(=O)Cc1ccc(CCN)cc1. The molecule has 1 aliphatic heterocycles. The van der Waals surface area contributed by atoms with Gasteiger partial charge in [-0.3, -0.25) is 28.9 Å². The van der Waals surface area contributed by atoms with Crippen molar-refractivity contribution < 1.29 is 28.8 Å². The Morgan fingerprint density at radius 2 is 1.55 bits per heavy atom. The van der Waals surface area contributed by atoms with Crippen molar-refractivity contribution in [1.82, 2.24) is 15.5 Å². The molecule has 0 aliphatic carbocycles. The van der Waals surface area contributed by atoms with Gasteiger partial charge in [-0.05, 0) is 55.7 Å². The Balaban J connectivity index is 1.92. The van der Waals surface area contributed by atoms with Gasteiger partial charge in [0.15, 0.2) is 5.78 Å². The molecule has 1 aromatic rings. The molecule has 5 amide bonds. The Hall–Kier alpha value is -3.86. The first-order valence-corrected chi connectivity index (χ1v) is 14.7. The number of ketones is 2. The van der Waals surface area contributed by atoms with Crippen LogP contribution in [0.25, 0.3) is 0 Å². The molecule has 0 bridgehead atoms. The Kier molecular flexibility index (Phi) is 14.6. The second-order valence-electron chi connectivity index (χ2n) is 11.1. The minimum Gasteiger partial charge on any atom is -0.352 e. The quantitative estimate of drug-likeness (QED) is 0.134. The van der Waals surface area contributed by atoms with Crippen LogP contribution in [0.2, 0.25) is 0 Å². The van der Waals surface area contributed by atoms with Crippen molar-refractivity contribution in [2.45, 2.75) is 77.7 Å². The van der Waals surface area contributed by atoms with Crippen LogP contribution in [0.4, 0.5) is 4.79 Å². The lowest BCUT2D eigenvalue weighted by Gasteiger charge is -2.24. The molecule has 1 aliphatic rings. The summed E-state index contributed by atoms with van der Waals surface area (Å²) in [5.41, 5.74) is 12.6. The summed E-state index contributed by atoms with van der Waals surface area (Å²) in [6, 6.07) is 6.19. The molecule has 42 heavy (non-hydrogen) atoms. The highest BCUT2D eigenvalue weighted by molar-refractivity contribution is 6.12. The van der Waals surface area contributed by atoms with Gasteiger partial charge < -0.3 is 22.1 Å². The Bertz CT molecular complexity index is 1110. The number of benzene rings is 1. The van der Waals surface area contributed by atoms with Crippen molar-refractivity contribution in [1.29, 1.82) is 0 Å². The van der Waals surface area contributed by atoms with Gasteiger partial charge in [0.05, 0.1) is 6.04 Å². The first kappa shape index (κ1) is 34.3. The van der Waals surface area contributed by atoms with E-state index in [1.165, 1.54) is 17.1 Å². The molecular weight excluding hydrogens is 538 g/mol. The van der Waals surface area contributed by atoms with E-state index >= 15 is 0 Å². The van der Waals surface area contributed by atoms with Crippen molar-refractivity contribution in [2.24, 2.45) is 23.3 Å². The van der Waals surface area contributed by atoms with Crippen LogP contribution in [-0.2, 0) is 36.8 Å². The third-order valence-electron chi connectivity index (χ3n) is 7.34. The van der Waals surface area contributed by atoms with Crippen LogP contribution >= 0.6 is 0 Å². The largest absolute Gasteiger partial charge is 0.352 e. The lowest BCUT2D eigenvalue weighted by molar-refractivity contribution is -0.137. The van der Waals surface area contributed by atoms with E-state index in [1.54, 1.807) is 0 Å². The highest BCUT2D eigenvalue weighted by Crippen LogP contribution is 2.19. The molecule has 2 rings (SSSR count). The second-order valence-corrected chi connectivity index (χ2v) is 11.1. The van der Waals surface area contributed by atoms with Gasteiger partial charge in [-0.2, -0.15) is 0 Å². The molecular formula is C31H45N5O6. The van der Waals surface area contributed by atoms with Crippen LogP contribution in [0, 0.1) is 11.8 Å². The maximum atomic E-state index is 13.3. The van der Waals surface area contributed by atoms with Crippen molar-refractivity contribution in [2.75, 3.05) is 19.6 Å². The van der Waals surface area contributed by atoms with E-state index in [0.717, 1.165) is 17.5 Å². The van der Waals surface area contributed by atoms with E-state index in [0.29, 0.717) is 45.2 Å². The van der Waals surface area contributed by atoms with Crippen molar-refractivity contribution in [3.05, 3.63) is 47.5 Å². The molecule has 6 N–H and O–H groups in total. The molecule has 0 saturated heterocycles. The van der Waals surface area contributed by atoms with Gasteiger partial charge in [0.25, 0.3) is 11.8 Å². The number of nitrogens with two attached hydrogens (primary N) is 2. The van der Waals surface area contributed by atoms with Crippen LogP contribution in [-0.4, -0.2) is 65.9 Å². The Morgan fingerprint density at radius 1 is 0.905 bits per heavy atom. The number of unbranched alkanes of at least 4 members (excludes halogenated alkanes) is 2. The van der Waals surface area contributed by atoms with Crippen molar-refractivity contribution in [3.63, 3.8) is 0 Å². The Morgan fingerprint density at radius 3 is 2.14 bits per heavy atom. The predicted molar refractivity (Wildman–Crippen MR) is 159 cm³/mol. The molecule has 230 valence electrons. The molecule has 1 heterocycles. The zero-order chi connectivity index (χ0) is 31.1. The van der Waals surface area contributed by atoms with E-state index in [1.807, 2.05) is 38.1 Å². The predicted octanol–water partition coefficient (Wildman–Crippen LogP) is 1.95. The number of rotatable bonds is 20. The lowest BCUT2D eigenvalue weighted by atomic mass is 9.88. The number of carbonyl (C=O) groups is 6. The zero-order valence-electron chi connectivity index (χ0n) is 24.7. The average Bonchev–Trinajstić information content (AvgIpc) is 3.26. The number of primary amides is 1. The first-order chi connectivity index (χ1) is 20.0. The van der Waals surface area contributed by atoms with Crippen molar-refractivity contribution in [3.8, 4) is 0 Å². The van der Waals surface area contributed by atoms with Gasteiger partial charge in [0, 0.05) is 50.4 Å². The molecule has 1 unspecified atom stereocenters. The third kappa shape index (κ3) is 11.9. The van der Waals surface area contributed by atoms with Gasteiger partial charge in [0.1, 0.15) is 5.78 Å². The molecule has 0 fully saturated rings. The molecule has 0 radical (unpaired) electrons. The molecule has 0 aromatic heterocycles. The Labute approximate surface area is 247 Å². The third-order valence-corrected chi connectivity index (χ3v) is 7.34. The minimum atomic E-state index is -0.780. The molecule has 11 heteroatoms. The van der Waals surface area contributed by atoms with Crippen LogP contribution in [0.1, 0.15) is 69.9 Å². The van der Waals surface area contributed by atoms with E-state index in [2.05, 4.69) is 10.6 Å². The van der Waals surface area contributed by atoms with E-state index < -0.39 is 18.0 Å². The van der Waals surface area contributed by atoms with E-state index in [-0.39, 0.29) is 61.0 Å². The molecule has 2 atom stereocenters. The topological polar surface area (TPSA) is 182 Å². The van der Waals surface area contributed by atoms with Gasteiger partial charge in [0.2, 0.25) is 5.91 Å². The van der Waals surface area contributed by atoms with Crippen LogP contribution < -0.4 is 22.1 Å². The fourth-order valence-corrected chi connectivity index (χ4v) is 4.82. The van der Waals surface area contributed by atoms with Gasteiger partial charge in [-0.25, -0.2) is 4.79 Å². The smallest absolute Gasteiger partial charge is 0.312 e. The monoisotopic (exact) mass is 583 g/mol. The maximum absolute atomic E-state index is 13.3. The average molecular weight is 584 g/mol. The summed E-state index contributed by atoms with van der Waals surface area (Å²) in [4.78, 5) is 74.9. The zero-order valence-corrected chi connectivity index (χ0v) is 24.7. The fourth-order valence-electron chi connectivity index (χ4n) is 4.82. The number of carbonyl (C=O) groups excluding carboxylic acids is 6. The summed E-state index contributed by atoms with van der Waals surface area (Å²) in [6.45, 7) is 4.86. The number of Topliss-reactive ketones (excluding diaryl/α,β-unsaturated/α-hetero) is 2. The summed E-state index contributed by atoms with van der Waals surface area (Å²) < 4.78 is 0. The maximum Gasteiger partial charge on any atom is 0.312 e. The summed E-state index contributed by atoms with van der Waals surface area (Å²) in [5, 5.41) is 5.38. The lowest BCUT2D eigenvalue weighted by Crippen LogP contribution is -2.46. The number of nitrogens with one attached hydrogen (secondary N) is 2. The number of amides is 5. The highest BCUT2D eigenvalue weighted by Gasteiger charge is 2.29. The summed E-state index contributed by atoms with van der Waals surface area (Å²) in [7, 11) is 0. The molecule has 0 saturated carbocycles. The second kappa shape index (κ2) is 17.8. The number of urea groups is 1. The molecule has 0 spiro atoms. The van der Waals surface area contributed by atoms with Gasteiger partial charge in [-0.15, -0.1) is 0 Å². The molecule has 11 nitrogen and oxygen atoms in total. The fraction of sp³-hybridized carbons (Fsp3) is 0.548. The molecule has 1 aromatic carbocycles. The van der Waals surface area contributed by atoms with Gasteiger partial charge >= 0.3 is 6.03 Å². The number of hydrogen-bond acceptors (Lipinski definition) is 7. The standard InChI is InChI=1S/C31H45N5O6/c1-21(2)25(20-24(37)7-4-3-5-18-36-28(39)13-14-29(36)40)30(41)35-26(8-6-17-34-31(33)42)27(38)19-23-11-9-22(10-12-23)15-16-32/h9-14,21,25-26H,3-8,15-20,32H2,1-2H3,(H,35,41)(H3,33,34,42)/t25-,26?/m1/s1. The van der Waals surface area contributed by atoms with Crippen LogP contribution in [0.5, 0.6) is 0 Å². The highest BCUT2D eigenvalue weighted by atomic mass is 16.2. The van der Waals surface area contributed by atoms with Crippen molar-refractivity contribution >= 4 is 35.3 Å². The summed E-state index contributed by atoms with van der Waals surface area (Å²) in [6.07, 6.45) is 6.33. The number of hydrogen-bond donors (Lipinski definition) is 4. The first-order valence-electron chi connectivity index (χ1n) is 14.7. The van der Waals surface area contributed by atoms with Crippen LogP contribution in [0.3, 0.4) is 0 Å². The number of imide groups is 1. The van der Waals surface area contributed by atoms with Crippen LogP contribution in [0.15, 0.2) is 36.4 Å².